The van der Waals surface area contributed by atoms with Crippen molar-refractivity contribution in [3.05, 3.63) is 66.0 Å². The van der Waals surface area contributed by atoms with E-state index in [0.717, 1.165) is 17.5 Å². The van der Waals surface area contributed by atoms with Crippen LogP contribution in [-0.2, 0) is 11.2 Å². The molecule has 1 aliphatic heterocycles. The van der Waals surface area contributed by atoms with E-state index in [4.69, 9.17) is 0 Å². The number of carbonyl (C=O) groups is 2. The molecule has 28 heavy (non-hydrogen) atoms. The molecule has 148 valence electrons. The normalized spacial score (nSPS) is 17.4. The molecule has 2 aromatic rings. The van der Waals surface area contributed by atoms with Crippen molar-refractivity contribution in [2.24, 2.45) is 0 Å². The van der Waals surface area contributed by atoms with E-state index < -0.39 is 0 Å². The fourth-order valence-corrected chi connectivity index (χ4v) is 3.60. The second-order valence-corrected chi connectivity index (χ2v) is 7.17. The smallest absolute Gasteiger partial charge is 0.317 e. The molecule has 3 rings (SSSR count). The van der Waals surface area contributed by atoms with Crippen LogP contribution in [0.15, 0.2) is 54.9 Å². The van der Waals surface area contributed by atoms with Crippen molar-refractivity contribution in [1.82, 2.24) is 20.1 Å². The van der Waals surface area contributed by atoms with Gasteiger partial charge in [-0.2, -0.15) is 0 Å². The number of amides is 3. The lowest BCUT2D eigenvalue weighted by molar-refractivity contribution is -0.129. The summed E-state index contributed by atoms with van der Waals surface area (Å²) in [5.41, 5.74) is 2.26. The van der Waals surface area contributed by atoms with Crippen LogP contribution in [0.1, 0.15) is 37.4 Å². The second-order valence-electron chi connectivity index (χ2n) is 7.17. The van der Waals surface area contributed by atoms with E-state index in [1.807, 2.05) is 61.2 Å². The first-order valence-corrected chi connectivity index (χ1v) is 9.87. The highest BCUT2D eigenvalue weighted by Gasteiger charge is 2.34. The maximum absolute atomic E-state index is 12.7. The first-order valence-electron chi connectivity index (χ1n) is 9.87. The molecule has 6 heteroatoms. The molecule has 1 aliphatic rings. The highest BCUT2D eigenvalue weighted by Crippen LogP contribution is 2.25. The summed E-state index contributed by atoms with van der Waals surface area (Å²) in [6.07, 6.45) is 4.66. The fraction of sp³-hybridized carbons (Fsp3) is 0.409. The van der Waals surface area contributed by atoms with Gasteiger partial charge in [0.25, 0.3) is 0 Å². The molecule has 2 heterocycles. The van der Waals surface area contributed by atoms with E-state index >= 15 is 0 Å². The third-order valence-corrected chi connectivity index (χ3v) is 5.32. The summed E-state index contributed by atoms with van der Waals surface area (Å²) in [5, 5.41) is 3.05. The van der Waals surface area contributed by atoms with E-state index in [9.17, 15) is 9.59 Å². The molecule has 1 aromatic heterocycles. The molecule has 1 aromatic carbocycles. The summed E-state index contributed by atoms with van der Waals surface area (Å²) in [5.74, 6) is 0.0847. The number of nitrogens with one attached hydrogen (secondary N) is 1. The van der Waals surface area contributed by atoms with Crippen molar-refractivity contribution in [1.29, 1.82) is 0 Å². The van der Waals surface area contributed by atoms with Crippen molar-refractivity contribution >= 4 is 11.9 Å². The number of aromatic nitrogens is 1. The van der Waals surface area contributed by atoms with Gasteiger partial charge in [0.1, 0.15) is 0 Å². The lowest BCUT2D eigenvalue weighted by Crippen LogP contribution is -2.46. The Morgan fingerprint density at radius 1 is 1.25 bits per heavy atom. The van der Waals surface area contributed by atoms with Gasteiger partial charge in [-0.1, -0.05) is 30.3 Å². The molecule has 6 nitrogen and oxygen atoms in total. The van der Waals surface area contributed by atoms with Crippen LogP contribution in [0.3, 0.4) is 0 Å². The van der Waals surface area contributed by atoms with E-state index in [-0.39, 0.29) is 24.0 Å². The Hall–Kier alpha value is -2.89. The van der Waals surface area contributed by atoms with Gasteiger partial charge in [0.2, 0.25) is 5.91 Å². The van der Waals surface area contributed by atoms with Gasteiger partial charge in [-0.05, 0) is 43.5 Å². The number of likely N-dealkylation sites (N-methyl/N-ethyl adjacent to an activating group) is 1. The Morgan fingerprint density at radius 3 is 2.64 bits per heavy atom. The minimum atomic E-state index is -0.152. The quantitative estimate of drug-likeness (QED) is 0.803. The van der Waals surface area contributed by atoms with Gasteiger partial charge >= 0.3 is 6.03 Å². The summed E-state index contributed by atoms with van der Waals surface area (Å²) in [6, 6.07) is 13.7. The average Bonchev–Trinajstić information content (AvgIpc) is 3.09. The predicted molar refractivity (Wildman–Crippen MR) is 109 cm³/mol. The second kappa shape index (κ2) is 9.35. The van der Waals surface area contributed by atoms with Gasteiger partial charge < -0.3 is 15.1 Å². The zero-order valence-corrected chi connectivity index (χ0v) is 16.5. The molecular formula is C22H28N4O2. The Labute approximate surface area is 166 Å². The number of likely N-dealkylation sites (tertiary alicyclic amines) is 1. The minimum Gasteiger partial charge on any atom is -0.334 e. The molecule has 2 atom stereocenters. The fourth-order valence-electron chi connectivity index (χ4n) is 3.60. The van der Waals surface area contributed by atoms with E-state index in [1.54, 1.807) is 17.3 Å². The highest BCUT2D eigenvalue weighted by atomic mass is 16.2. The van der Waals surface area contributed by atoms with Crippen molar-refractivity contribution in [2.75, 3.05) is 19.6 Å². The Balaban J connectivity index is 1.54. The van der Waals surface area contributed by atoms with Gasteiger partial charge in [0.15, 0.2) is 0 Å². The largest absolute Gasteiger partial charge is 0.334 e. The molecule has 2 unspecified atom stereocenters. The molecule has 0 spiro atoms. The van der Waals surface area contributed by atoms with Crippen LogP contribution < -0.4 is 5.32 Å². The molecule has 0 radical (unpaired) electrons. The molecule has 0 aliphatic carbocycles. The Bertz CT molecular complexity index is 782. The molecule has 1 fully saturated rings. The van der Waals surface area contributed by atoms with Gasteiger partial charge in [0.05, 0.1) is 12.1 Å². The number of rotatable bonds is 7. The number of benzene rings is 1. The van der Waals surface area contributed by atoms with Crippen LogP contribution in [0.5, 0.6) is 0 Å². The molecule has 3 amide bonds. The maximum Gasteiger partial charge on any atom is 0.317 e. The SMILES string of the molecule is CCN(CCc1ccncc1)C(=O)NC1CC(=O)N(C(C)c2ccccc2)C1. The highest BCUT2D eigenvalue weighted by molar-refractivity contribution is 5.82. The predicted octanol–water partition coefficient (Wildman–Crippen LogP) is 3.02. The monoisotopic (exact) mass is 380 g/mol. The van der Waals surface area contributed by atoms with Gasteiger partial charge in [-0.15, -0.1) is 0 Å². The van der Waals surface area contributed by atoms with Gasteiger partial charge in [-0.25, -0.2) is 4.79 Å². The van der Waals surface area contributed by atoms with Crippen molar-refractivity contribution in [3.63, 3.8) is 0 Å². The zero-order chi connectivity index (χ0) is 19.9. The number of nitrogens with zero attached hydrogens (tertiary/aromatic N) is 3. The number of hydrogen-bond donors (Lipinski definition) is 1. The van der Waals surface area contributed by atoms with Crippen LogP contribution in [0.2, 0.25) is 0 Å². The van der Waals surface area contributed by atoms with Crippen molar-refractivity contribution < 1.29 is 9.59 Å². The van der Waals surface area contributed by atoms with E-state index in [2.05, 4.69) is 10.3 Å². The minimum absolute atomic E-state index is 0.00423. The number of carbonyl (C=O) groups excluding carboxylic acids is 2. The van der Waals surface area contributed by atoms with Crippen LogP contribution >= 0.6 is 0 Å². The molecule has 0 saturated carbocycles. The molecule has 0 bridgehead atoms. The lowest BCUT2D eigenvalue weighted by atomic mass is 10.1. The maximum atomic E-state index is 12.7. The lowest BCUT2D eigenvalue weighted by Gasteiger charge is -2.26. The Morgan fingerprint density at radius 2 is 1.96 bits per heavy atom. The van der Waals surface area contributed by atoms with Crippen LogP contribution in [0.25, 0.3) is 0 Å². The first-order chi connectivity index (χ1) is 13.6. The summed E-state index contributed by atoms with van der Waals surface area (Å²) in [7, 11) is 0. The topological polar surface area (TPSA) is 65.5 Å². The molecule has 1 N–H and O–H groups in total. The van der Waals surface area contributed by atoms with Crippen LogP contribution in [0, 0.1) is 0 Å². The standard InChI is InChI=1S/C22H28N4O2/c1-3-25(14-11-18-9-12-23-13-10-18)22(28)24-20-15-21(27)26(16-20)17(2)19-7-5-4-6-8-19/h4-10,12-13,17,20H,3,11,14-16H2,1-2H3,(H,24,28). The average molecular weight is 380 g/mol. The van der Waals surface area contributed by atoms with Gasteiger partial charge in [0, 0.05) is 38.4 Å². The molecule has 1 saturated heterocycles. The summed E-state index contributed by atoms with van der Waals surface area (Å²) < 4.78 is 0. The van der Waals surface area contributed by atoms with Crippen molar-refractivity contribution in [2.45, 2.75) is 38.8 Å². The molecular weight excluding hydrogens is 352 g/mol. The van der Waals surface area contributed by atoms with Crippen molar-refractivity contribution in [3.8, 4) is 0 Å². The van der Waals surface area contributed by atoms with Crippen LogP contribution in [0.4, 0.5) is 4.79 Å². The first kappa shape index (κ1) is 19.9. The summed E-state index contributed by atoms with van der Waals surface area (Å²) in [6.45, 7) is 5.81. The summed E-state index contributed by atoms with van der Waals surface area (Å²) in [4.78, 5) is 32.8. The Kier molecular flexibility index (Phi) is 6.63. The zero-order valence-electron chi connectivity index (χ0n) is 16.5. The van der Waals surface area contributed by atoms with E-state index in [0.29, 0.717) is 26.1 Å². The summed E-state index contributed by atoms with van der Waals surface area (Å²) >= 11 is 0. The van der Waals surface area contributed by atoms with Crippen LogP contribution in [-0.4, -0.2) is 52.4 Å². The number of hydrogen-bond acceptors (Lipinski definition) is 3. The number of urea groups is 1. The third kappa shape index (κ3) is 4.88. The third-order valence-electron chi connectivity index (χ3n) is 5.32. The number of pyridine rings is 1. The van der Waals surface area contributed by atoms with E-state index in [1.165, 1.54) is 0 Å². The van der Waals surface area contributed by atoms with Gasteiger partial charge in [-0.3, -0.25) is 9.78 Å².